The van der Waals surface area contributed by atoms with Crippen LogP contribution in [0.2, 0.25) is 0 Å². The van der Waals surface area contributed by atoms with Crippen molar-refractivity contribution in [3.05, 3.63) is 29.8 Å². The molecule has 200 valence electrons. The molecule has 1 saturated heterocycles. The Labute approximate surface area is 209 Å². The second-order valence-electron chi connectivity index (χ2n) is 9.33. The molecule has 35 heavy (non-hydrogen) atoms. The molecule has 5 atom stereocenters. The highest BCUT2D eigenvalue weighted by Crippen LogP contribution is 2.28. The summed E-state index contributed by atoms with van der Waals surface area (Å²) < 4.78 is 16.9. The maximum atomic E-state index is 12.5. The largest absolute Gasteiger partial charge is 0.460 e. The average Bonchev–Trinajstić information content (AvgIpc) is 2.87. The number of unbranched alkanes of at least 4 members (excludes halogenated alkanes) is 10. The standard InChI is InChI=1S/C27H44O8/c1-2-3-4-5-6-7-8-9-10-11-12-17-23(30)35-26-25(32)24(31)22(19-29)34-27(26)33-21-16-14-13-15-20(21)18-28/h13-16,22,24-29,31-32H,2-12,17-19H2,1H3/t22-,24-,25+,26-,27-/m1/s1. The van der Waals surface area contributed by atoms with Crippen molar-refractivity contribution in [2.24, 2.45) is 0 Å². The molecule has 8 heteroatoms. The molecule has 1 fully saturated rings. The third kappa shape index (κ3) is 10.1. The molecule has 0 saturated carbocycles. The molecule has 1 aromatic carbocycles. The summed E-state index contributed by atoms with van der Waals surface area (Å²) in [7, 11) is 0. The third-order valence-electron chi connectivity index (χ3n) is 6.46. The van der Waals surface area contributed by atoms with E-state index in [0.717, 1.165) is 19.3 Å². The highest BCUT2D eigenvalue weighted by molar-refractivity contribution is 5.69. The predicted octanol–water partition coefficient (Wildman–Crippen LogP) is 3.61. The van der Waals surface area contributed by atoms with Gasteiger partial charge < -0.3 is 34.6 Å². The highest BCUT2D eigenvalue weighted by Gasteiger charge is 2.48. The molecule has 0 aromatic heterocycles. The fraction of sp³-hybridized carbons (Fsp3) is 0.741. The molecular formula is C27H44O8. The first-order valence-electron chi connectivity index (χ1n) is 13.2. The van der Waals surface area contributed by atoms with Crippen LogP contribution in [0.25, 0.3) is 0 Å². The summed E-state index contributed by atoms with van der Waals surface area (Å²) in [4.78, 5) is 12.5. The Balaban J connectivity index is 1.79. The molecule has 1 aliphatic rings. The summed E-state index contributed by atoms with van der Waals surface area (Å²) in [5.74, 6) is -0.209. The van der Waals surface area contributed by atoms with E-state index in [4.69, 9.17) is 14.2 Å². The molecule has 0 radical (unpaired) electrons. The second kappa shape index (κ2) is 16.9. The maximum absolute atomic E-state index is 12.5. The van der Waals surface area contributed by atoms with E-state index in [-0.39, 0.29) is 13.0 Å². The Kier molecular flexibility index (Phi) is 14.2. The Bertz CT molecular complexity index is 712. The van der Waals surface area contributed by atoms with Crippen molar-refractivity contribution in [1.29, 1.82) is 0 Å². The van der Waals surface area contributed by atoms with Crippen LogP contribution >= 0.6 is 0 Å². The van der Waals surface area contributed by atoms with Crippen molar-refractivity contribution in [2.75, 3.05) is 6.61 Å². The van der Waals surface area contributed by atoms with Crippen molar-refractivity contribution in [1.82, 2.24) is 0 Å². The van der Waals surface area contributed by atoms with Crippen LogP contribution in [0.4, 0.5) is 0 Å². The Morgan fingerprint density at radius 1 is 0.886 bits per heavy atom. The summed E-state index contributed by atoms with van der Waals surface area (Å²) in [5.41, 5.74) is 0.489. The minimum Gasteiger partial charge on any atom is -0.460 e. The molecule has 0 aliphatic carbocycles. The second-order valence-corrected chi connectivity index (χ2v) is 9.33. The van der Waals surface area contributed by atoms with Gasteiger partial charge in [-0.15, -0.1) is 0 Å². The fourth-order valence-corrected chi connectivity index (χ4v) is 4.30. The average molecular weight is 497 g/mol. The molecular weight excluding hydrogens is 452 g/mol. The van der Waals surface area contributed by atoms with E-state index in [9.17, 15) is 25.2 Å². The molecule has 1 aromatic rings. The van der Waals surface area contributed by atoms with E-state index in [1.165, 1.54) is 44.9 Å². The molecule has 0 bridgehead atoms. The summed E-state index contributed by atoms with van der Waals surface area (Å²) in [5, 5.41) is 39.9. The number of para-hydroxylation sites is 1. The van der Waals surface area contributed by atoms with Gasteiger partial charge in [-0.2, -0.15) is 0 Å². The third-order valence-corrected chi connectivity index (χ3v) is 6.46. The number of hydrogen-bond acceptors (Lipinski definition) is 8. The molecule has 1 aliphatic heterocycles. The number of aliphatic hydroxyl groups is 4. The first kappa shape index (κ1) is 29.5. The van der Waals surface area contributed by atoms with Crippen LogP contribution in [0.5, 0.6) is 5.75 Å². The Morgan fingerprint density at radius 3 is 2.09 bits per heavy atom. The van der Waals surface area contributed by atoms with E-state index in [1.54, 1.807) is 24.3 Å². The number of benzene rings is 1. The van der Waals surface area contributed by atoms with Gasteiger partial charge in [0.2, 0.25) is 6.29 Å². The number of carbonyl (C=O) groups is 1. The van der Waals surface area contributed by atoms with Gasteiger partial charge in [-0.3, -0.25) is 4.79 Å². The SMILES string of the molecule is CCCCCCCCCCCCCC(=O)O[C@H]1[C@H](Oc2ccccc2CO)O[C@H](CO)[C@@H](O)[C@@H]1O. The maximum Gasteiger partial charge on any atom is 0.306 e. The zero-order chi connectivity index (χ0) is 25.5. The van der Waals surface area contributed by atoms with Gasteiger partial charge in [-0.25, -0.2) is 0 Å². The van der Waals surface area contributed by atoms with Crippen LogP contribution in [-0.2, 0) is 20.9 Å². The topological polar surface area (TPSA) is 126 Å². The zero-order valence-corrected chi connectivity index (χ0v) is 21.0. The Hall–Kier alpha value is -1.71. The zero-order valence-electron chi connectivity index (χ0n) is 21.0. The van der Waals surface area contributed by atoms with Crippen LogP contribution in [-0.4, -0.2) is 63.7 Å². The van der Waals surface area contributed by atoms with Crippen molar-refractivity contribution in [2.45, 2.75) is 121 Å². The number of rotatable bonds is 17. The molecule has 0 amide bonds. The van der Waals surface area contributed by atoms with Crippen molar-refractivity contribution < 1.29 is 39.4 Å². The fourth-order valence-electron chi connectivity index (χ4n) is 4.30. The number of esters is 1. The van der Waals surface area contributed by atoms with E-state index in [1.807, 2.05) is 0 Å². The summed E-state index contributed by atoms with van der Waals surface area (Å²) in [6.45, 7) is 1.40. The molecule has 1 heterocycles. The summed E-state index contributed by atoms with van der Waals surface area (Å²) >= 11 is 0. The van der Waals surface area contributed by atoms with Gasteiger partial charge in [0.05, 0.1) is 13.2 Å². The first-order chi connectivity index (χ1) is 17.0. The van der Waals surface area contributed by atoms with Gasteiger partial charge in [0.15, 0.2) is 6.10 Å². The van der Waals surface area contributed by atoms with Gasteiger partial charge in [0.25, 0.3) is 0 Å². The van der Waals surface area contributed by atoms with E-state index in [0.29, 0.717) is 17.7 Å². The lowest BCUT2D eigenvalue weighted by atomic mass is 9.99. The Morgan fingerprint density at radius 2 is 1.49 bits per heavy atom. The van der Waals surface area contributed by atoms with Gasteiger partial charge in [-0.1, -0.05) is 89.3 Å². The van der Waals surface area contributed by atoms with Crippen molar-refractivity contribution >= 4 is 5.97 Å². The van der Waals surface area contributed by atoms with Crippen molar-refractivity contribution in [3.63, 3.8) is 0 Å². The van der Waals surface area contributed by atoms with Gasteiger partial charge in [0.1, 0.15) is 24.1 Å². The lowest BCUT2D eigenvalue weighted by molar-refractivity contribution is -0.282. The summed E-state index contributed by atoms with van der Waals surface area (Å²) in [6.07, 6.45) is 6.50. The molecule has 4 N–H and O–H groups in total. The quantitative estimate of drug-likeness (QED) is 0.190. The molecule has 0 spiro atoms. The minimum atomic E-state index is -1.49. The number of hydrogen-bond donors (Lipinski definition) is 4. The molecule has 2 rings (SSSR count). The van der Waals surface area contributed by atoms with Crippen LogP contribution in [0.1, 0.15) is 89.5 Å². The normalized spacial score (nSPS) is 24.3. The molecule has 0 unspecified atom stereocenters. The number of ether oxygens (including phenoxy) is 3. The van der Waals surface area contributed by atoms with E-state index < -0.39 is 43.3 Å². The lowest BCUT2D eigenvalue weighted by Gasteiger charge is -2.41. The smallest absolute Gasteiger partial charge is 0.306 e. The van der Waals surface area contributed by atoms with Crippen LogP contribution in [0.15, 0.2) is 24.3 Å². The monoisotopic (exact) mass is 496 g/mol. The van der Waals surface area contributed by atoms with Gasteiger partial charge >= 0.3 is 5.97 Å². The van der Waals surface area contributed by atoms with E-state index in [2.05, 4.69) is 6.92 Å². The van der Waals surface area contributed by atoms with E-state index >= 15 is 0 Å². The number of aliphatic hydroxyl groups excluding tert-OH is 4. The number of carbonyl (C=O) groups excluding carboxylic acids is 1. The highest BCUT2D eigenvalue weighted by atomic mass is 16.7. The predicted molar refractivity (Wildman–Crippen MR) is 132 cm³/mol. The molecule has 8 nitrogen and oxygen atoms in total. The van der Waals surface area contributed by atoms with Crippen LogP contribution < -0.4 is 4.74 Å². The van der Waals surface area contributed by atoms with Crippen LogP contribution in [0, 0.1) is 0 Å². The van der Waals surface area contributed by atoms with Crippen molar-refractivity contribution in [3.8, 4) is 5.75 Å². The minimum absolute atomic E-state index is 0.194. The summed E-state index contributed by atoms with van der Waals surface area (Å²) in [6, 6.07) is 6.73. The van der Waals surface area contributed by atoms with Gasteiger partial charge in [0, 0.05) is 12.0 Å². The lowest BCUT2D eigenvalue weighted by Crippen LogP contribution is -2.61. The van der Waals surface area contributed by atoms with Gasteiger partial charge in [-0.05, 0) is 12.5 Å². The van der Waals surface area contributed by atoms with Crippen LogP contribution in [0.3, 0.4) is 0 Å². The first-order valence-corrected chi connectivity index (χ1v) is 13.2.